The highest BCUT2D eigenvalue weighted by atomic mass is 79.9. The number of nitro benzene ring substituents is 1. The van der Waals surface area contributed by atoms with Gasteiger partial charge in [0.15, 0.2) is 0 Å². The number of benzene rings is 1. The first-order valence-electron chi connectivity index (χ1n) is 5.82. The van der Waals surface area contributed by atoms with Crippen LogP contribution < -0.4 is 11.1 Å². The predicted molar refractivity (Wildman–Crippen MR) is 77.3 cm³/mol. The molecular weight excluding hydrogens is 344 g/mol. The van der Waals surface area contributed by atoms with Gasteiger partial charge in [-0.2, -0.15) is 0 Å². The molecule has 2 rings (SSSR count). The maximum atomic E-state index is 11.8. The average molecular weight is 355 g/mol. The maximum absolute atomic E-state index is 11.8. The summed E-state index contributed by atoms with van der Waals surface area (Å²) in [5.41, 5.74) is 6.17. The van der Waals surface area contributed by atoms with Crippen LogP contribution >= 0.6 is 15.9 Å². The Morgan fingerprint density at radius 1 is 1.52 bits per heavy atom. The van der Waals surface area contributed by atoms with E-state index in [-0.39, 0.29) is 24.7 Å². The number of halogens is 1. The minimum atomic E-state index is -0.537. The number of amides is 1. The summed E-state index contributed by atoms with van der Waals surface area (Å²) in [5.74, 6) is -0.375. The van der Waals surface area contributed by atoms with Crippen molar-refractivity contribution in [1.29, 1.82) is 0 Å². The lowest BCUT2D eigenvalue weighted by atomic mass is 10.3. The number of nitro groups is 1. The number of nitrogens with two attached hydrogens (primary N) is 1. The molecule has 0 atom stereocenters. The summed E-state index contributed by atoms with van der Waals surface area (Å²) in [5, 5.41) is 20.9. The second-order valence-corrected chi connectivity index (χ2v) is 4.94. The number of carbonyl (C=O) groups is 1. The third-order valence-corrected chi connectivity index (χ3v) is 3.20. The highest BCUT2D eigenvalue weighted by Crippen LogP contribution is 2.27. The molecule has 0 aliphatic rings. The molecular formula is C11H11BrN6O3. The van der Waals surface area contributed by atoms with Crippen molar-refractivity contribution in [2.45, 2.75) is 13.1 Å². The van der Waals surface area contributed by atoms with Gasteiger partial charge in [-0.3, -0.25) is 14.9 Å². The fraction of sp³-hybridized carbons (Fsp3) is 0.182. The van der Waals surface area contributed by atoms with E-state index in [1.807, 2.05) is 0 Å². The monoisotopic (exact) mass is 354 g/mol. The van der Waals surface area contributed by atoms with Gasteiger partial charge < -0.3 is 11.1 Å². The molecule has 0 spiro atoms. The fourth-order valence-corrected chi connectivity index (χ4v) is 1.98. The van der Waals surface area contributed by atoms with Gasteiger partial charge in [0.05, 0.1) is 21.3 Å². The first kappa shape index (κ1) is 15.1. The first-order chi connectivity index (χ1) is 9.99. The molecule has 0 unspecified atom stereocenters. The molecule has 0 aliphatic carbocycles. The normalized spacial score (nSPS) is 10.4. The molecule has 0 saturated carbocycles. The van der Waals surface area contributed by atoms with E-state index in [1.54, 1.807) is 12.3 Å². The van der Waals surface area contributed by atoms with Gasteiger partial charge in [-0.15, -0.1) is 5.10 Å². The van der Waals surface area contributed by atoms with Gasteiger partial charge in [-0.05, 0) is 28.1 Å². The number of hydrogen-bond acceptors (Lipinski definition) is 6. The van der Waals surface area contributed by atoms with E-state index < -0.39 is 4.92 Å². The summed E-state index contributed by atoms with van der Waals surface area (Å²) in [6.07, 6.45) is 1.56. The molecule has 10 heteroatoms. The molecule has 0 radical (unpaired) electrons. The molecule has 9 nitrogen and oxygen atoms in total. The van der Waals surface area contributed by atoms with Crippen LogP contribution in [0.4, 0.5) is 11.4 Å². The van der Waals surface area contributed by atoms with Gasteiger partial charge >= 0.3 is 0 Å². The molecule has 3 N–H and O–H groups in total. The van der Waals surface area contributed by atoms with E-state index >= 15 is 0 Å². The maximum Gasteiger partial charge on any atom is 0.285 e. The topological polar surface area (TPSA) is 129 Å². The van der Waals surface area contributed by atoms with Crippen LogP contribution in [-0.2, 0) is 17.9 Å². The third kappa shape index (κ3) is 3.83. The highest BCUT2D eigenvalue weighted by Gasteiger charge is 2.14. The summed E-state index contributed by atoms with van der Waals surface area (Å²) >= 11 is 3.07. The average Bonchev–Trinajstić information content (AvgIpc) is 2.88. The van der Waals surface area contributed by atoms with Crippen molar-refractivity contribution in [3.8, 4) is 0 Å². The Balaban J connectivity index is 2.05. The molecule has 21 heavy (non-hydrogen) atoms. The summed E-state index contributed by atoms with van der Waals surface area (Å²) in [7, 11) is 0. The zero-order valence-electron chi connectivity index (χ0n) is 10.7. The van der Waals surface area contributed by atoms with Gasteiger partial charge in [0, 0.05) is 18.3 Å². The minimum Gasteiger partial charge on any atom is -0.325 e. The van der Waals surface area contributed by atoms with E-state index in [1.165, 1.54) is 16.8 Å². The summed E-state index contributed by atoms with van der Waals surface area (Å²) in [6.45, 7) is 0.178. The number of hydrogen-bond donors (Lipinski definition) is 2. The smallest absolute Gasteiger partial charge is 0.285 e. The lowest BCUT2D eigenvalue weighted by molar-refractivity contribution is -0.385. The van der Waals surface area contributed by atoms with E-state index in [9.17, 15) is 14.9 Å². The zero-order valence-corrected chi connectivity index (χ0v) is 12.3. The number of rotatable bonds is 5. The predicted octanol–water partition coefficient (Wildman–Crippen LogP) is 1.05. The van der Waals surface area contributed by atoms with Crippen LogP contribution in [0, 0.1) is 10.1 Å². The number of anilines is 1. The van der Waals surface area contributed by atoms with Gasteiger partial charge in [-0.1, -0.05) is 5.21 Å². The van der Waals surface area contributed by atoms with Crippen molar-refractivity contribution in [2.24, 2.45) is 5.73 Å². The lowest BCUT2D eigenvalue weighted by Gasteiger charge is -2.05. The second-order valence-electron chi connectivity index (χ2n) is 4.08. The van der Waals surface area contributed by atoms with Crippen molar-refractivity contribution in [2.75, 3.05) is 5.32 Å². The van der Waals surface area contributed by atoms with Crippen LogP contribution in [0.15, 0.2) is 28.9 Å². The Labute approximate surface area is 127 Å². The Morgan fingerprint density at radius 2 is 2.29 bits per heavy atom. The lowest BCUT2D eigenvalue weighted by Crippen LogP contribution is -2.19. The van der Waals surface area contributed by atoms with Crippen molar-refractivity contribution >= 4 is 33.2 Å². The molecule has 0 fully saturated rings. The van der Waals surface area contributed by atoms with Gasteiger partial charge in [-0.25, -0.2) is 4.68 Å². The van der Waals surface area contributed by atoms with E-state index in [0.717, 1.165) is 0 Å². The molecule has 0 saturated heterocycles. The molecule has 1 heterocycles. The van der Waals surface area contributed by atoms with Crippen molar-refractivity contribution in [3.05, 3.63) is 44.7 Å². The van der Waals surface area contributed by atoms with Crippen LogP contribution in [0.2, 0.25) is 0 Å². The first-order valence-corrected chi connectivity index (χ1v) is 6.61. The van der Waals surface area contributed by atoms with Crippen molar-refractivity contribution in [1.82, 2.24) is 15.0 Å². The Hall–Kier alpha value is -2.33. The summed E-state index contributed by atoms with van der Waals surface area (Å²) < 4.78 is 1.68. The zero-order chi connectivity index (χ0) is 15.4. The van der Waals surface area contributed by atoms with Gasteiger partial charge in [0.2, 0.25) is 5.91 Å². The van der Waals surface area contributed by atoms with Crippen LogP contribution in [-0.4, -0.2) is 25.8 Å². The van der Waals surface area contributed by atoms with Crippen LogP contribution in [0.25, 0.3) is 0 Å². The third-order valence-electron chi connectivity index (χ3n) is 2.53. The van der Waals surface area contributed by atoms with Crippen LogP contribution in [0.3, 0.4) is 0 Å². The second kappa shape index (κ2) is 6.41. The fourth-order valence-electron chi connectivity index (χ4n) is 1.59. The standard InChI is InChI=1S/C11H11BrN6O3/c12-9-2-1-7(3-10(9)18(20)21)14-11(19)6-17-5-8(4-13)15-16-17/h1-3,5H,4,6,13H2,(H,14,19). The SMILES string of the molecule is NCc1cn(CC(=O)Nc2ccc(Br)c([N+](=O)[O-])c2)nn1. The quantitative estimate of drug-likeness (QED) is 0.609. The molecule has 0 aliphatic heterocycles. The minimum absolute atomic E-state index is 0.0587. The van der Waals surface area contributed by atoms with E-state index in [4.69, 9.17) is 5.73 Å². The number of nitrogens with one attached hydrogen (secondary N) is 1. The largest absolute Gasteiger partial charge is 0.325 e. The number of nitrogens with zero attached hydrogens (tertiary/aromatic N) is 4. The molecule has 2 aromatic rings. The molecule has 0 bridgehead atoms. The Bertz CT molecular complexity index is 686. The summed E-state index contributed by atoms with van der Waals surface area (Å²) in [6, 6.07) is 4.33. The van der Waals surface area contributed by atoms with Crippen molar-refractivity contribution in [3.63, 3.8) is 0 Å². The van der Waals surface area contributed by atoms with Crippen LogP contribution in [0.1, 0.15) is 5.69 Å². The summed E-state index contributed by atoms with van der Waals surface area (Å²) in [4.78, 5) is 22.1. The van der Waals surface area contributed by atoms with Crippen molar-refractivity contribution < 1.29 is 9.72 Å². The number of carbonyl (C=O) groups excluding carboxylic acids is 1. The molecule has 1 aromatic heterocycles. The van der Waals surface area contributed by atoms with Gasteiger partial charge in [0.1, 0.15) is 6.54 Å². The molecule has 110 valence electrons. The highest BCUT2D eigenvalue weighted by molar-refractivity contribution is 9.10. The molecule has 1 aromatic carbocycles. The van der Waals surface area contributed by atoms with Gasteiger partial charge in [0.25, 0.3) is 5.69 Å². The van der Waals surface area contributed by atoms with E-state index in [2.05, 4.69) is 31.6 Å². The van der Waals surface area contributed by atoms with E-state index in [0.29, 0.717) is 15.9 Å². The Kier molecular flexibility index (Phi) is 4.60. The van der Waals surface area contributed by atoms with Crippen LogP contribution in [0.5, 0.6) is 0 Å². The number of aromatic nitrogens is 3. The molecule has 1 amide bonds. The Morgan fingerprint density at radius 3 is 2.90 bits per heavy atom.